The molecule has 0 aromatic heterocycles. The minimum atomic E-state index is -0.485. The number of amides is 3. The average Bonchev–Trinajstić information content (AvgIpc) is 2.63. The molecule has 8 heteroatoms. The minimum Gasteiger partial charge on any atom is -0.338 e. The highest BCUT2D eigenvalue weighted by Gasteiger charge is 2.29. The van der Waals surface area contributed by atoms with E-state index in [9.17, 15) is 9.59 Å². The third-order valence-electron chi connectivity index (χ3n) is 4.59. The number of carbonyl (C=O) groups excluding carboxylic acids is 2. The van der Waals surface area contributed by atoms with Crippen molar-refractivity contribution in [1.29, 1.82) is 0 Å². The first-order valence-corrected chi connectivity index (χ1v) is 9.14. The van der Waals surface area contributed by atoms with E-state index in [1.54, 1.807) is 28.0 Å². The maximum atomic E-state index is 12.4. The summed E-state index contributed by atoms with van der Waals surface area (Å²) in [5, 5.41) is 3.61. The lowest BCUT2D eigenvalue weighted by atomic mass is 9.98. The Kier molecular flexibility index (Phi) is 6.93. The molecule has 1 aliphatic heterocycles. The molecule has 2 atom stereocenters. The van der Waals surface area contributed by atoms with E-state index < -0.39 is 6.04 Å². The van der Waals surface area contributed by atoms with Gasteiger partial charge < -0.3 is 20.9 Å². The van der Waals surface area contributed by atoms with Gasteiger partial charge in [0.15, 0.2) is 0 Å². The molecule has 0 radical (unpaired) electrons. The van der Waals surface area contributed by atoms with Crippen molar-refractivity contribution < 1.29 is 9.59 Å². The first-order valence-electron chi connectivity index (χ1n) is 8.38. The molecule has 0 unspecified atom stereocenters. The van der Waals surface area contributed by atoms with E-state index in [-0.39, 0.29) is 17.9 Å². The molecule has 2 rings (SSSR count). The van der Waals surface area contributed by atoms with Crippen molar-refractivity contribution in [2.75, 3.05) is 31.5 Å². The zero-order chi connectivity index (χ0) is 18.6. The Bertz CT molecular complexity index is 633. The summed E-state index contributed by atoms with van der Waals surface area (Å²) >= 11 is 11.8. The average molecular weight is 387 g/mol. The van der Waals surface area contributed by atoms with E-state index in [0.29, 0.717) is 41.9 Å². The second-order valence-electron chi connectivity index (χ2n) is 6.28. The van der Waals surface area contributed by atoms with Gasteiger partial charge in [-0.3, -0.25) is 4.79 Å². The number of nitrogens with two attached hydrogens (primary N) is 1. The number of anilines is 1. The quantitative estimate of drug-likeness (QED) is 0.834. The molecule has 1 heterocycles. The molecule has 1 saturated heterocycles. The predicted molar refractivity (Wildman–Crippen MR) is 101 cm³/mol. The maximum Gasteiger partial charge on any atom is 0.321 e. The summed E-state index contributed by atoms with van der Waals surface area (Å²) in [6.45, 7) is 5.89. The van der Waals surface area contributed by atoms with Crippen LogP contribution in [-0.2, 0) is 4.79 Å². The zero-order valence-corrected chi connectivity index (χ0v) is 16.0. The van der Waals surface area contributed by atoms with Crippen molar-refractivity contribution in [3.63, 3.8) is 0 Å². The molecule has 0 saturated carbocycles. The van der Waals surface area contributed by atoms with Crippen LogP contribution in [0.3, 0.4) is 0 Å². The van der Waals surface area contributed by atoms with Crippen molar-refractivity contribution in [1.82, 2.24) is 9.80 Å². The Morgan fingerprint density at radius 3 is 2.32 bits per heavy atom. The van der Waals surface area contributed by atoms with Gasteiger partial charge in [0.1, 0.15) is 0 Å². The van der Waals surface area contributed by atoms with Gasteiger partial charge in [0.25, 0.3) is 0 Å². The summed E-state index contributed by atoms with van der Waals surface area (Å²) in [6.07, 6.45) is 0.860. The Morgan fingerprint density at radius 1 is 1.16 bits per heavy atom. The fourth-order valence-corrected chi connectivity index (χ4v) is 2.91. The fraction of sp³-hybridized carbons (Fsp3) is 0.529. The maximum absolute atomic E-state index is 12.4. The molecule has 3 N–H and O–H groups in total. The summed E-state index contributed by atoms with van der Waals surface area (Å²) in [6, 6.07) is 4.22. The number of carbonyl (C=O) groups is 2. The molecule has 3 amide bonds. The van der Waals surface area contributed by atoms with Crippen LogP contribution in [0.2, 0.25) is 10.0 Å². The van der Waals surface area contributed by atoms with Crippen LogP contribution in [0.15, 0.2) is 18.2 Å². The standard InChI is InChI=1S/C17H24Cl2N4O2/c1-3-11(2)15(20)16(24)22-6-8-23(9-7-22)17(25)21-12-4-5-13(18)14(19)10-12/h4-5,10-11,15H,3,6-9,20H2,1-2H3,(H,21,25)/t11-,15+/m1/s1. The Hall–Kier alpha value is -1.50. The number of halogens is 2. The third kappa shape index (κ3) is 5.00. The van der Waals surface area contributed by atoms with Gasteiger partial charge in [-0.05, 0) is 24.1 Å². The highest BCUT2D eigenvalue weighted by Crippen LogP contribution is 2.25. The van der Waals surface area contributed by atoms with Crippen LogP contribution < -0.4 is 11.1 Å². The molecular weight excluding hydrogens is 363 g/mol. The molecule has 1 fully saturated rings. The van der Waals surface area contributed by atoms with Gasteiger partial charge in [-0.25, -0.2) is 4.79 Å². The Balaban J connectivity index is 1.87. The van der Waals surface area contributed by atoms with E-state index >= 15 is 0 Å². The van der Waals surface area contributed by atoms with Gasteiger partial charge in [-0.15, -0.1) is 0 Å². The monoisotopic (exact) mass is 386 g/mol. The number of hydrogen-bond donors (Lipinski definition) is 2. The lowest BCUT2D eigenvalue weighted by Crippen LogP contribution is -2.56. The minimum absolute atomic E-state index is 0.0427. The van der Waals surface area contributed by atoms with Crippen molar-refractivity contribution in [3.05, 3.63) is 28.2 Å². The van der Waals surface area contributed by atoms with E-state index in [4.69, 9.17) is 28.9 Å². The Labute approximate surface area is 158 Å². The number of benzene rings is 1. The lowest BCUT2D eigenvalue weighted by Gasteiger charge is -2.36. The summed E-state index contributed by atoms with van der Waals surface area (Å²) in [4.78, 5) is 28.1. The van der Waals surface area contributed by atoms with Crippen molar-refractivity contribution in [3.8, 4) is 0 Å². The fourth-order valence-electron chi connectivity index (χ4n) is 2.61. The number of urea groups is 1. The topological polar surface area (TPSA) is 78.7 Å². The summed E-state index contributed by atoms with van der Waals surface area (Å²) in [5.74, 6) is 0.0994. The Morgan fingerprint density at radius 2 is 1.76 bits per heavy atom. The molecular formula is C17H24Cl2N4O2. The van der Waals surface area contributed by atoms with Crippen LogP contribution in [0.4, 0.5) is 10.5 Å². The first-order chi connectivity index (χ1) is 11.8. The molecule has 138 valence electrons. The molecule has 6 nitrogen and oxygen atoms in total. The van der Waals surface area contributed by atoms with Crippen LogP contribution in [0, 0.1) is 5.92 Å². The lowest BCUT2D eigenvalue weighted by molar-refractivity contribution is -0.135. The molecule has 1 aromatic rings. The van der Waals surface area contributed by atoms with E-state index in [2.05, 4.69) is 5.32 Å². The molecule has 0 aliphatic carbocycles. The van der Waals surface area contributed by atoms with Crippen LogP contribution in [0.25, 0.3) is 0 Å². The second-order valence-corrected chi connectivity index (χ2v) is 7.10. The van der Waals surface area contributed by atoms with Gasteiger partial charge in [0.2, 0.25) is 5.91 Å². The van der Waals surface area contributed by atoms with Crippen LogP contribution >= 0.6 is 23.2 Å². The number of nitrogens with one attached hydrogen (secondary N) is 1. The van der Waals surface area contributed by atoms with Crippen molar-refractivity contribution in [2.24, 2.45) is 11.7 Å². The smallest absolute Gasteiger partial charge is 0.321 e. The van der Waals surface area contributed by atoms with Crippen molar-refractivity contribution in [2.45, 2.75) is 26.3 Å². The van der Waals surface area contributed by atoms with Crippen LogP contribution in [0.5, 0.6) is 0 Å². The van der Waals surface area contributed by atoms with Crippen LogP contribution in [-0.4, -0.2) is 54.0 Å². The summed E-state index contributed by atoms with van der Waals surface area (Å²) in [7, 11) is 0. The van der Waals surface area contributed by atoms with Gasteiger partial charge in [-0.1, -0.05) is 43.5 Å². The highest BCUT2D eigenvalue weighted by atomic mass is 35.5. The van der Waals surface area contributed by atoms with E-state index in [1.165, 1.54) is 0 Å². The molecule has 0 bridgehead atoms. The van der Waals surface area contributed by atoms with Crippen LogP contribution in [0.1, 0.15) is 20.3 Å². The second kappa shape index (κ2) is 8.74. The SMILES string of the molecule is CC[C@@H](C)[C@H](N)C(=O)N1CCN(C(=O)Nc2ccc(Cl)c(Cl)c2)CC1. The number of piperazine rings is 1. The number of rotatable bonds is 4. The first kappa shape index (κ1) is 19.8. The normalized spacial score (nSPS) is 17.2. The summed E-state index contributed by atoms with van der Waals surface area (Å²) < 4.78 is 0. The molecule has 0 spiro atoms. The number of hydrogen-bond acceptors (Lipinski definition) is 3. The van der Waals surface area contributed by atoms with Gasteiger partial charge in [0.05, 0.1) is 16.1 Å². The molecule has 1 aromatic carbocycles. The molecule has 25 heavy (non-hydrogen) atoms. The van der Waals surface area contributed by atoms with E-state index in [1.807, 2.05) is 13.8 Å². The van der Waals surface area contributed by atoms with Gasteiger partial charge in [0, 0.05) is 31.9 Å². The zero-order valence-electron chi connectivity index (χ0n) is 14.5. The van der Waals surface area contributed by atoms with Gasteiger partial charge in [-0.2, -0.15) is 0 Å². The largest absolute Gasteiger partial charge is 0.338 e. The predicted octanol–water partition coefficient (Wildman–Crippen LogP) is 3.04. The van der Waals surface area contributed by atoms with Gasteiger partial charge >= 0.3 is 6.03 Å². The highest BCUT2D eigenvalue weighted by molar-refractivity contribution is 6.42. The third-order valence-corrected chi connectivity index (χ3v) is 5.33. The van der Waals surface area contributed by atoms with E-state index in [0.717, 1.165) is 6.42 Å². The summed E-state index contributed by atoms with van der Waals surface area (Å²) in [5.41, 5.74) is 6.60. The van der Waals surface area contributed by atoms with Crippen molar-refractivity contribution >= 4 is 40.8 Å². The molecule has 1 aliphatic rings. The number of nitrogens with zero attached hydrogens (tertiary/aromatic N) is 2.